The van der Waals surface area contributed by atoms with E-state index in [1.54, 1.807) is 24.3 Å². The van der Waals surface area contributed by atoms with Crippen molar-refractivity contribution in [2.75, 3.05) is 0 Å². The van der Waals surface area contributed by atoms with E-state index in [9.17, 15) is 9.90 Å². The van der Waals surface area contributed by atoms with Gasteiger partial charge in [0.2, 0.25) is 0 Å². The van der Waals surface area contributed by atoms with Crippen LogP contribution in [0.5, 0.6) is 5.75 Å². The molecule has 1 aromatic heterocycles. The highest BCUT2D eigenvalue weighted by atomic mass is 16.3. The van der Waals surface area contributed by atoms with Crippen LogP contribution in [0.2, 0.25) is 0 Å². The third-order valence-electron chi connectivity index (χ3n) is 4.55. The van der Waals surface area contributed by atoms with E-state index >= 15 is 0 Å². The van der Waals surface area contributed by atoms with Gasteiger partial charge in [0.25, 0.3) is 0 Å². The van der Waals surface area contributed by atoms with Crippen LogP contribution >= 0.6 is 0 Å². The number of carbonyl (C=O) groups is 1. The zero-order valence-electron chi connectivity index (χ0n) is 23.4. The van der Waals surface area contributed by atoms with Crippen LogP contribution in [0.4, 0.5) is 0 Å². The third kappa shape index (κ3) is 3.21. The summed E-state index contributed by atoms with van der Waals surface area (Å²) in [6.45, 7) is -4.23. The molecule has 0 saturated carbocycles. The lowest BCUT2D eigenvalue weighted by atomic mass is 9.97. The smallest absolute Gasteiger partial charge is 0.195 e. The average molecular weight is 367 g/mol. The summed E-state index contributed by atoms with van der Waals surface area (Å²) in [5.41, 5.74) is 0.793. The number of aromatic hydroxyl groups is 1. The number of hydrogen-bond acceptors (Lipinski definition) is 2. The monoisotopic (exact) mass is 366 g/mol. The molecule has 136 valence electrons. The number of benzene rings is 3. The molecule has 0 aliphatic heterocycles. The highest BCUT2D eigenvalue weighted by Crippen LogP contribution is 2.29. The van der Waals surface area contributed by atoms with Gasteiger partial charge >= 0.3 is 0 Å². The molecule has 0 atom stereocenters. The number of rotatable bonds is 6. The second kappa shape index (κ2) is 7.28. The molecule has 0 spiro atoms. The first-order chi connectivity index (χ1) is 16.6. The maximum atomic E-state index is 13.6. The Morgan fingerprint density at radius 2 is 1.89 bits per heavy atom. The van der Waals surface area contributed by atoms with Gasteiger partial charge in [0.1, 0.15) is 5.75 Å². The van der Waals surface area contributed by atoms with Gasteiger partial charge in [-0.15, -0.1) is 0 Å². The highest BCUT2D eigenvalue weighted by Gasteiger charge is 2.18. The van der Waals surface area contributed by atoms with E-state index in [4.69, 9.17) is 12.3 Å². The van der Waals surface area contributed by atoms with Crippen LogP contribution in [0, 0.1) is 0 Å². The Morgan fingerprint density at radius 1 is 1.04 bits per heavy atom. The van der Waals surface area contributed by atoms with Gasteiger partial charge in [0, 0.05) is 47.7 Å². The average Bonchev–Trinajstić information content (AvgIpc) is 3.14. The molecule has 0 radical (unpaired) electrons. The maximum absolute atomic E-state index is 13.6. The summed E-state index contributed by atoms with van der Waals surface area (Å²) in [6.07, 6.45) is -8.62. The summed E-state index contributed by atoms with van der Waals surface area (Å²) in [5, 5.41) is 12.0. The first-order valence-electron chi connectivity index (χ1n) is 12.9. The van der Waals surface area contributed by atoms with Crippen molar-refractivity contribution in [3.05, 3.63) is 78.0 Å². The van der Waals surface area contributed by atoms with Crippen LogP contribution in [0.15, 0.2) is 66.9 Å². The lowest BCUT2D eigenvalue weighted by Crippen LogP contribution is -2.02. The van der Waals surface area contributed by atoms with E-state index in [2.05, 4.69) is 0 Å². The molecule has 0 amide bonds. The van der Waals surface area contributed by atoms with Gasteiger partial charge in [-0.1, -0.05) is 62.1 Å². The second-order valence-electron chi connectivity index (χ2n) is 6.15. The number of phenolic OH excluding ortho intramolecular Hbond substituents is 1. The van der Waals surface area contributed by atoms with Crippen molar-refractivity contribution in [1.29, 1.82) is 0 Å². The Labute approximate surface area is 171 Å². The van der Waals surface area contributed by atoms with E-state index < -0.39 is 32.5 Å². The van der Waals surface area contributed by atoms with Gasteiger partial charge in [0.05, 0.1) is 5.52 Å². The molecule has 3 aromatic carbocycles. The van der Waals surface area contributed by atoms with E-state index in [-0.39, 0.29) is 22.6 Å². The number of hydrogen-bond donors (Lipinski definition) is 1. The molecule has 4 aromatic rings. The molecule has 1 N–H and O–H groups in total. The molecule has 0 aliphatic carbocycles. The summed E-state index contributed by atoms with van der Waals surface area (Å²) < 4.78 is 72.1. The van der Waals surface area contributed by atoms with Crippen LogP contribution in [-0.4, -0.2) is 15.5 Å². The Balaban J connectivity index is 1.84. The van der Waals surface area contributed by atoms with Gasteiger partial charge in [-0.2, -0.15) is 0 Å². The van der Waals surface area contributed by atoms with Gasteiger partial charge in [-0.25, -0.2) is 0 Å². The molecule has 3 nitrogen and oxygen atoms in total. The van der Waals surface area contributed by atoms with Crippen LogP contribution < -0.4 is 0 Å². The molecule has 0 bridgehead atoms. The predicted molar refractivity (Wildman–Crippen MR) is 111 cm³/mol. The van der Waals surface area contributed by atoms with E-state index in [0.717, 1.165) is 5.39 Å². The van der Waals surface area contributed by atoms with Crippen molar-refractivity contribution < 1.29 is 22.2 Å². The highest BCUT2D eigenvalue weighted by molar-refractivity contribution is 6.21. The van der Waals surface area contributed by atoms with Crippen LogP contribution in [-0.2, 0) is 6.54 Å². The van der Waals surface area contributed by atoms with Crippen LogP contribution in [0.25, 0.3) is 21.7 Å². The minimum Gasteiger partial charge on any atom is -0.508 e. The Bertz CT molecular complexity index is 1470. The van der Waals surface area contributed by atoms with Crippen molar-refractivity contribution >= 4 is 27.5 Å². The molecular weight excluding hydrogens is 334 g/mol. The number of phenols is 1. The summed E-state index contributed by atoms with van der Waals surface area (Å²) in [6, 6.07) is 16.7. The molecule has 3 heteroatoms. The molecular formula is C24H23NO2. The normalized spacial score (nSPS) is 18.3. The molecule has 1 heterocycles. The number of nitrogens with zero attached hydrogens (tertiary/aromatic N) is 1. The van der Waals surface area contributed by atoms with E-state index in [0.29, 0.717) is 16.3 Å². The Kier molecular flexibility index (Phi) is 2.63. The molecule has 4 rings (SSSR count). The quantitative estimate of drug-likeness (QED) is 0.430. The second-order valence-corrected chi connectivity index (χ2v) is 6.15. The van der Waals surface area contributed by atoms with E-state index in [1.807, 2.05) is 18.2 Å². The largest absolute Gasteiger partial charge is 0.508 e. The number of aryl methyl sites for hydroxylation is 1. The lowest BCUT2D eigenvalue weighted by Gasteiger charge is -2.05. The number of aromatic nitrogens is 1. The standard InChI is InChI=1S/C24H23NO2/c1-2-3-6-14-25-16-22(20-13-12-18(26)15-23(20)25)24(27)21-11-7-9-17-8-4-5-10-19(17)21/h4-5,7-13,15-16,26H,2-3,6,14H2,1H3/i1D3,2D2,3D2,6D2. The fraction of sp³-hybridized carbons (Fsp3) is 0.208. The van der Waals surface area contributed by atoms with Crippen molar-refractivity contribution in [1.82, 2.24) is 4.57 Å². The van der Waals surface area contributed by atoms with Crippen molar-refractivity contribution in [3.63, 3.8) is 0 Å². The Morgan fingerprint density at radius 3 is 2.78 bits per heavy atom. The van der Waals surface area contributed by atoms with Crippen LogP contribution in [0.1, 0.15) is 54.2 Å². The van der Waals surface area contributed by atoms with Gasteiger partial charge < -0.3 is 9.67 Å². The van der Waals surface area contributed by atoms with Gasteiger partial charge in [-0.3, -0.25) is 4.79 Å². The maximum Gasteiger partial charge on any atom is 0.195 e. The molecule has 0 unspecified atom stereocenters. The summed E-state index contributed by atoms with van der Waals surface area (Å²) in [5.74, 6) is -0.546. The summed E-state index contributed by atoms with van der Waals surface area (Å²) in [4.78, 5) is 13.6. The lowest BCUT2D eigenvalue weighted by molar-refractivity contribution is 0.104. The van der Waals surface area contributed by atoms with Crippen molar-refractivity contribution in [3.8, 4) is 5.75 Å². The number of carbonyl (C=O) groups excluding carboxylic acids is 1. The zero-order valence-corrected chi connectivity index (χ0v) is 14.4. The summed E-state index contributed by atoms with van der Waals surface area (Å²) in [7, 11) is 0. The number of ketones is 1. The van der Waals surface area contributed by atoms with Crippen molar-refractivity contribution in [2.24, 2.45) is 0 Å². The summed E-state index contributed by atoms with van der Waals surface area (Å²) >= 11 is 0. The molecule has 0 fully saturated rings. The Hall–Kier alpha value is -3.07. The fourth-order valence-electron chi connectivity index (χ4n) is 3.33. The van der Waals surface area contributed by atoms with E-state index in [1.165, 1.54) is 29.0 Å². The third-order valence-corrected chi connectivity index (χ3v) is 4.55. The van der Waals surface area contributed by atoms with Crippen molar-refractivity contribution in [2.45, 2.75) is 32.5 Å². The first-order valence-corrected chi connectivity index (χ1v) is 8.43. The number of fused-ring (bicyclic) bond motifs is 2. The first kappa shape index (κ1) is 9.75. The predicted octanol–water partition coefficient (Wildman–Crippen LogP) is 5.92. The van der Waals surface area contributed by atoms with Crippen LogP contribution in [0.3, 0.4) is 0 Å². The molecule has 0 aliphatic rings. The SMILES string of the molecule is [2H]C([2H])([2H])C([2H])([2H])C([2H])([2H])C([2H])([2H])Cn1cc(C(=O)c2cccc3ccccc23)c2ccc(O)cc21. The topological polar surface area (TPSA) is 42.2 Å². The van der Waals surface area contributed by atoms with Gasteiger partial charge in [-0.05, 0) is 29.3 Å². The fourth-order valence-corrected chi connectivity index (χ4v) is 3.33. The minimum atomic E-state index is -3.50. The minimum absolute atomic E-state index is 0.174. The zero-order chi connectivity index (χ0) is 26.7. The van der Waals surface area contributed by atoms with Gasteiger partial charge in [0.15, 0.2) is 5.78 Å². The molecule has 27 heavy (non-hydrogen) atoms. The molecule has 0 saturated heterocycles.